The summed E-state index contributed by atoms with van der Waals surface area (Å²) in [5, 5.41) is 21.6. The van der Waals surface area contributed by atoms with Crippen LogP contribution in [0.5, 0.6) is 5.75 Å². The quantitative estimate of drug-likeness (QED) is 0.184. The van der Waals surface area contributed by atoms with E-state index in [1.807, 2.05) is 0 Å². The third-order valence-electron chi connectivity index (χ3n) is 4.84. The molecule has 0 atom stereocenters. The second-order valence-corrected chi connectivity index (χ2v) is 8.75. The molecule has 1 aliphatic heterocycles. The van der Waals surface area contributed by atoms with Gasteiger partial charge in [-0.1, -0.05) is 36.1 Å². The predicted molar refractivity (Wildman–Crippen MR) is 133 cm³/mol. The van der Waals surface area contributed by atoms with Crippen LogP contribution in [0, 0.1) is 20.2 Å². The maximum Gasteiger partial charge on any atom is 0.270 e. The number of thioether (sulfide) groups is 1. The molecule has 0 unspecified atom stereocenters. The Morgan fingerprint density at radius 1 is 0.882 bits per heavy atom. The van der Waals surface area contributed by atoms with Gasteiger partial charge in [-0.25, -0.2) is 0 Å². The SMILES string of the molecule is O=C1/C(=C/c2ccc(OCc3ccc([N+](=O)[O-])cc3)cc2)SC(=S)N1c1ccc([N+](=O)[O-])cc1. The standard InChI is InChI=1S/C23H15N3O6S2/c27-22-21(34-23(33)24(22)17-7-9-19(10-8-17)26(30)31)13-15-3-11-20(12-4-15)32-14-16-1-5-18(6-2-16)25(28)29/h1-13H,14H2/b21-13-. The number of non-ortho nitro benzene ring substituents is 2. The van der Waals surface area contributed by atoms with Crippen LogP contribution in [0.4, 0.5) is 17.1 Å². The first-order chi connectivity index (χ1) is 16.3. The first kappa shape index (κ1) is 23.1. The molecule has 0 radical (unpaired) electrons. The zero-order valence-electron chi connectivity index (χ0n) is 17.3. The third-order valence-corrected chi connectivity index (χ3v) is 6.15. The van der Waals surface area contributed by atoms with Gasteiger partial charge in [-0.3, -0.25) is 29.9 Å². The van der Waals surface area contributed by atoms with E-state index < -0.39 is 9.85 Å². The number of ether oxygens (including phenoxy) is 1. The Bertz CT molecular complexity index is 1310. The molecule has 1 aliphatic rings. The summed E-state index contributed by atoms with van der Waals surface area (Å²) < 4.78 is 6.06. The Morgan fingerprint density at radius 2 is 1.44 bits per heavy atom. The van der Waals surface area contributed by atoms with Crippen LogP contribution in [-0.4, -0.2) is 20.1 Å². The highest BCUT2D eigenvalue weighted by Crippen LogP contribution is 2.36. The number of carbonyl (C=O) groups excluding carboxylic acids is 1. The summed E-state index contributed by atoms with van der Waals surface area (Å²) >= 11 is 6.49. The van der Waals surface area contributed by atoms with Crippen LogP contribution in [0.15, 0.2) is 77.7 Å². The molecular formula is C23H15N3O6S2. The van der Waals surface area contributed by atoms with Crippen molar-refractivity contribution in [2.45, 2.75) is 6.61 Å². The number of thiocarbonyl (C=S) groups is 1. The topological polar surface area (TPSA) is 116 Å². The number of nitro groups is 2. The largest absolute Gasteiger partial charge is 0.489 e. The van der Waals surface area contributed by atoms with Gasteiger partial charge >= 0.3 is 0 Å². The molecule has 9 nitrogen and oxygen atoms in total. The molecule has 1 fully saturated rings. The molecule has 0 saturated carbocycles. The molecule has 1 heterocycles. The molecule has 1 amide bonds. The van der Waals surface area contributed by atoms with Gasteiger partial charge < -0.3 is 4.74 Å². The Hall–Kier alpha value is -4.09. The van der Waals surface area contributed by atoms with Crippen molar-refractivity contribution in [3.05, 3.63) is 109 Å². The van der Waals surface area contributed by atoms with Crippen molar-refractivity contribution >= 4 is 57.3 Å². The molecule has 0 bridgehead atoms. The third kappa shape index (κ3) is 5.11. The van der Waals surface area contributed by atoms with Crippen molar-refractivity contribution in [2.75, 3.05) is 4.90 Å². The number of nitro benzene ring substituents is 2. The summed E-state index contributed by atoms with van der Waals surface area (Å²) in [5.41, 5.74) is 1.98. The lowest BCUT2D eigenvalue weighted by atomic mass is 10.2. The number of hydrogen-bond acceptors (Lipinski definition) is 8. The second kappa shape index (κ2) is 9.81. The monoisotopic (exact) mass is 493 g/mol. The lowest BCUT2D eigenvalue weighted by molar-refractivity contribution is -0.385. The average molecular weight is 494 g/mol. The molecule has 11 heteroatoms. The van der Waals surface area contributed by atoms with Gasteiger partial charge in [0.15, 0.2) is 4.32 Å². The number of rotatable bonds is 7. The molecule has 0 N–H and O–H groups in total. The van der Waals surface area contributed by atoms with Crippen molar-refractivity contribution in [1.82, 2.24) is 0 Å². The fourth-order valence-electron chi connectivity index (χ4n) is 3.11. The summed E-state index contributed by atoms with van der Waals surface area (Å²) in [6.07, 6.45) is 1.71. The molecular weight excluding hydrogens is 478 g/mol. The van der Waals surface area contributed by atoms with Gasteiger partial charge in [0.1, 0.15) is 12.4 Å². The Balaban J connectivity index is 1.41. The zero-order valence-corrected chi connectivity index (χ0v) is 19.0. The summed E-state index contributed by atoms with van der Waals surface area (Å²) in [4.78, 5) is 35.3. The van der Waals surface area contributed by atoms with Crippen LogP contribution < -0.4 is 9.64 Å². The van der Waals surface area contributed by atoms with E-state index in [4.69, 9.17) is 17.0 Å². The lowest BCUT2D eigenvalue weighted by Gasteiger charge is -2.13. The number of amides is 1. The Morgan fingerprint density at radius 3 is 2.00 bits per heavy atom. The maximum absolute atomic E-state index is 12.9. The highest BCUT2D eigenvalue weighted by molar-refractivity contribution is 8.27. The van der Waals surface area contributed by atoms with Crippen molar-refractivity contribution < 1.29 is 19.4 Å². The normalized spacial score (nSPS) is 14.5. The van der Waals surface area contributed by atoms with Crippen molar-refractivity contribution in [2.24, 2.45) is 0 Å². The van der Waals surface area contributed by atoms with E-state index in [2.05, 4.69) is 0 Å². The van der Waals surface area contributed by atoms with E-state index >= 15 is 0 Å². The van der Waals surface area contributed by atoms with Gasteiger partial charge in [-0.15, -0.1) is 0 Å². The highest BCUT2D eigenvalue weighted by atomic mass is 32.2. The van der Waals surface area contributed by atoms with Crippen molar-refractivity contribution in [1.29, 1.82) is 0 Å². The van der Waals surface area contributed by atoms with Gasteiger partial charge in [0.2, 0.25) is 0 Å². The Kier molecular flexibility index (Phi) is 6.66. The molecule has 170 valence electrons. The highest BCUT2D eigenvalue weighted by Gasteiger charge is 2.33. The minimum Gasteiger partial charge on any atom is -0.489 e. The first-order valence-corrected chi connectivity index (χ1v) is 11.0. The smallest absolute Gasteiger partial charge is 0.270 e. The van der Waals surface area contributed by atoms with E-state index in [1.165, 1.54) is 41.3 Å². The predicted octanol–water partition coefficient (Wildman–Crippen LogP) is 5.49. The number of benzene rings is 3. The maximum atomic E-state index is 12.9. The van der Waals surface area contributed by atoms with Gasteiger partial charge in [-0.2, -0.15) is 0 Å². The molecule has 3 aromatic rings. The minimum absolute atomic E-state index is 0.0205. The molecule has 0 aliphatic carbocycles. The fraction of sp³-hybridized carbons (Fsp3) is 0.0435. The average Bonchev–Trinajstić information content (AvgIpc) is 3.11. The number of hydrogen-bond donors (Lipinski definition) is 0. The van der Waals surface area contributed by atoms with E-state index in [0.717, 1.165) is 22.9 Å². The zero-order chi connectivity index (χ0) is 24.2. The summed E-state index contributed by atoms with van der Waals surface area (Å²) in [7, 11) is 0. The van der Waals surface area contributed by atoms with Crippen LogP contribution in [0.3, 0.4) is 0 Å². The molecule has 0 aromatic heterocycles. The van der Waals surface area contributed by atoms with Crippen molar-refractivity contribution in [3.8, 4) is 5.75 Å². The van der Waals surface area contributed by atoms with E-state index in [1.54, 1.807) is 42.5 Å². The first-order valence-electron chi connectivity index (χ1n) is 9.80. The van der Waals surface area contributed by atoms with Gasteiger partial charge in [0.25, 0.3) is 17.3 Å². The van der Waals surface area contributed by atoms with Crippen LogP contribution >= 0.6 is 24.0 Å². The number of carbonyl (C=O) groups is 1. The van der Waals surface area contributed by atoms with Crippen LogP contribution in [0.25, 0.3) is 6.08 Å². The fourth-order valence-corrected chi connectivity index (χ4v) is 4.40. The van der Waals surface area contributed by atoms with E-state index in [-0.39, 0.29) is 23.9 Å². The molecule has 34 heavy (non-hydrogen) atoms. The summed E-state index contributed by atoms with van der Waals surface area (Å²) in [5.74, 6) is 0.302. The van der Waals surface area contributed by atoms with Gasteiger partial charge in [-0.05, 0) is 53.6 Å². The van der Waals surface area contributed by atoms with Crippen LogP contribution in [0.2, 0.25) is 0 Å². The van der Waals surface area contributed by atoms with Crippen molar-refractivity contribution in [3.63, 3.8) is 0 Å². The summed E-state index contributed by atoms with van der Waals surface area (Å²) in [6.45, 7) is 0.255. The molecule has 4 rings (SSSR count). The van der Waals surface area contributed by atoms with E-state index in [0.29, 0.717) is 20.7 Å². The van der Waals surface area contributed by atoms with Gasteiger partial charge in [0.05, 0.1) is 20.4 Å². The molecule has 0 spiro atoms. The number of anilines is 1. The summed E-state index contributed by atoms with van der Waals surface area (Å²) in [6, 6.07) is 18.9. The van der Waals surface area contributed by atoms with E-state index in [9.17, 15) is 25.0 Å². The number of nitrogens with zero attached hydrogens (tertiary/aromatic N) is 3. The Labute approximate surface area is 202 Å². The van der Waals surface area contributed by atoms with Crippen LogP contribution in [0.1, 0.15) is 11.1 Å². The lowest BCUT2D eigenvalue weighted by Crippen LogP contribution is -2.27. The van der Waals surface area contributed by atoms with Crippen LogP contribution in [-0.2, 0) is 11.4 Å². The molecule has 1 saturated heterocycles. The second-order valence-electron chi connectivity index (χ2n) is 7.07. The minimum atomic E-state index is -0.507. The van der Waals surface area contributed by atoms with Gasteiger partial charge in [0, 0.05) is 24.3 Å². The molecule has 3 aromatic carbocycles.